The van der Waals surface area contributed by atoms with Crippen LogP contribution in [-0.2, 0) is 4.74 Å². The Bertz CT molecular complexity index is 873. The van der Waals surface area contributed by atoms with E-state index in [1.54, 1.807) is 18.4 Å². The first-order chi connectivity index (χ1) is 13.1. The Balaban J connectivity index is 1.30. The van der Waals surface area contributed by atoms with Crippen molar-refractivity contribution in [1.82, 2.24) is 10.2 Å². The van der Waals surface area contributed by atoms with Crippen molar-refractivity contribution in [3.63, 3.8) is 0 Å². The van der Waals surface area contributed by atoms with Crippen LogP contribution in [0.3, 0.4) is 0 Å². The number of amides is 2. The Kier molecular flexibility index (Phi) is 3.69. The molecule has 4 atom stereocenters. The highest BCUT2D eigenvalue weighted by Crippen LogP contribution is 2.54. The standard InChI is InChI=1S/C20H22N2O5/c1-12-3-7-26-17(12)19(24)22-9-15-14(16-2-5-20(15,11-22)27-16)8-21-18(23)13-4-6-25-10-13/h3-4,6-7,10,14-16H,2,5,8-9,11H2,1H3,(H,21,23)/t14-,15+,16+,20+/m0/s1. The number of aryl methyl sites for hydroxylation is 1. The van der Waals surface area contributed by atoms with Gasteiger partial charge in [0, 0.05) is 30.5 Å². The smallest absolute Gasteiger partial charge is 0.289 e. The Hall–Kier alpha value is -2.54. The van der Waals surface area contributed by atoms with Crippen molar-refractivity contribution in [2.24, 2.45) is 11.8 Å². The number of fused-ring (bicyclic) bond motifs is 1. The van der Waals surface area contributed by atoms with Gasteiger partial charge in [0.15, 0.2) is 5.76 Å². The van der Waals surface area contributed by atoms with Gasteiger partial charge in [0.25, 0.3) is 11.8 Å². The van der Waals surface area contributed by atoms with Crippen molar-refractivity contribution < 1.29 is 23.2 Å². The third kappa shape index (κ3) is 2.52. The normalized spacial score (nSPS) is 31.3. The van der Waals surface area contributed by atoms with Crippen molar-refractivity contribution in [3.8, 4) is 0 Å². The van der Waals surface area contributed by atoms with E-state index in [4.69, 9.17) is 13.6 Å². The van der Waals surface area contributed by atoms with Crippen molar-refractivity contribution in [3.05, 3.63) is 47.8 Å². The largest absolute Gasteiger partial charge is 0.472 e. The van der Waals surface area contributed by atoms with Crippen LogP contribution in [0.2, 0.25) is 0 Å². The number of carbonyl (C=O) groups is 2. The number of furan rings is 2. The number of nitrogens with zero attached hydrogens (tertiary/aromatic N) is 1. The molecule has 3 saturated heterocycles. The van der Waals surface area contributed by atoms with Crippen LogP contribution in [0, 0.1) is 18.8 Å². The average Bonchev–Trinajstić information content (AvgIpc) is 3.45. The lowest BCUT2D eigenvalue weighted by Gasteiger charge is -2.29. The van der Waals surface area contributed by atoms with Crippen molar-refractivity contribution in [1.29, 1.82) is 0 Å². The van der Waals surface area contributed by atoms with Crippen LogP contribution in [0.4, 0.5) is 0 Å². The summed E-state index contributed by atoms with van der Waals surface area (Å²) in [6, 6.07) is 3.45. The van der Waals surface area contributed by atoms with E-state index in [1.165, 1.54) is 12.5 Å². The van der Waals surface area contributed by atoms with Crippen LogP contribution in [-0.4, -0.2) is 48.1 Å². The lowest BCUT2D eigenvalue weighted by Crippen LogP contribution is -2.41. The van der Waals surface area contributed by atoms with Gasteiger partial charge in [-0.1, -0.05) is 0 Å². The second-order valence-electron chi connectivity index (χ2n) is 7.87. The molecular formula is C20H22N2O5. The molecule has 2 aromatic heterocycles. The fraction of sp³-hybridized carbons (Fsp3) is 0.500. The zero-order valence-corrected chi connectivity index (χ0v) is 15.1. The molecule has 7 heteroatoms. The highest BCUT2D eigenvalue weighted by molar-refractivity contribution is 5.94. The van der Waals surface area contributed by atoms with Crippen LogP contribution in [0.1, 0.15) is 39.3 Å². The van der Waals surface area contributed by atoms with E-state index in [0.717, 1.165) is 18.4 Å². The van der Waals surface area contributed by atoms with Crippen LogP contribution in [0.15, 0.2) is 39.8 Å². The molecule has 0 unspecified atom stereocenters. The summed E-state index contributed by atoms with van der Waals surface area (Å²) < 4.78 is 16.7. The quantitative estimate of drug-likeness (QED) is 0.892. The van der Waals surface area contributed by atoms with E-state index < -0.39 is 0 Å². The van der Waals surface area contributed by atoms with Gasteiger partial charge in [-0.05, 0) is 31.9 Å². The molecule has 3 aliphatic rings. The lowest BCUT2D eigenvalue weighted by molar-refractivity contribution is 0.00284. The van der Waals surface area contributed by atoms with Gasteiger partial charge in [-0.2, -0.15) is 0 Å². The van der Waals surface area contributed by atoms with Crippen LogP contribution in [0.5, 0.6) is 0 Å². The fourth-order valence-corrected chi connectivity index (χ4v) is 5.06. The minimum atomic E-state index is -0.272. The summed E-state index contributed by atoms with van der Waals surface area (Å²) in [5.74, 6) is 0.642. The molecule has 142 valence electrons. The van der Waals surface area contributed by atoms with E-state index in [0.29, 0.717) is 31.0 Å². The molecule has 1 spiro atoms. The van der Waals surface area contributed by atoms with Gasteiger partial charge in [-0.25, -0.2) is 0 Å². The summed E-state index contributed by atoms with van der Waals surface area (Å²) in [6.45, 7) is 3.66. The monoisotopic (exact) mass is 370 g/mol. The third-order valence-electron chi connectivity index (χ3n) is 6.41. The molecule has 7 nitrogen and oxygen atoms in total. The van der Waals surface area contributed by atoms with Crippen molar-refractivity contribution in [2.45, 2.75) is 31.5 Å². The summed E-state index contributed by atoms with van der Waals surface area (Å²) in [7, 11) is 0. The van der Waals surface area contributed by atoms with Crippen LogP contribution < -0.4 is 5.32 Å². The molecule has 3 aliphatic heterocycles. The first-order valence-corrected chi connectivity index (χ1v) is 9.39. The fourth-order valence-electron chi connectivity index (χ4n) is 5.06. The first-order valence-electron chi connectivity index (χ1n) is 9.39. The third-order valence-corrected chi connectivity index (χ3v) is 6.41. The van der Waals surface area contributed by atoms with E-state index in [-0.39, 0.29) is 35.4 Å². The van der Waals surface area contributed by atoms with Gasteiger partial charge in [-0.15, -0.1) is 0 Å². The van der Waals surface area contributed by atoms with E-state index in [2.05, 4.69) is 5.32 Å². The highest BCUT2D eigenvalue weighted by atomic mass is 16.5. The summed E-state index contributed by atoms with van der Waals surface area (Å²) in [6.07, 6.45) is 6.58. The first kappa shape index (κ1) is 16.6. The molecule has 0 aromatic carbocycles. The molecule has 2 bridgehead atoms. The molecule has 1 N–H and O–H groups in total. The van der Waals surface area contributed by atoms with Crippen molar-refractivity contribution >= 4 is 11.8 Å². The van der Waals surface area contributed by atoms with E-state index in [1.807, 2.05) is 11.8 Å². The minimum Gasteiger partial charge on any atom is -0.472 e. The Morgan fingerprint density at radius 1 is 1.33 bits per heavy atom. The summed E-state index contributed by atoms with van der Waals surface area (Å²) in [5.41, 5.74) is 1.10. The maximum Gasteiger partial charge on any atom is 0.289 e. The Labute approximate surface area is 156 Å². The molecule has 3 fully saturated rings. The Morgan fingerprint density at radius 2 is 2.22 bits per heavy atom. The molecular weight excluding hydrogens is 348 g/mol. The lowest BCUT2D eigenvalue weighted by atomic mass is 9.73. The number of ether oxygens (including phenoxy) is 1. The predicted octanol–water partition coefficient (Wildman–Crippen LogP) is 2.23. The number of rotatable bonds is 4. The predicted molar refractivity (Wildman–Crippen MR) is 94.2 cm³/mol. The average molecular weight is 370 g/mol. The second-order valence-corrected chi connectivity index (χ2v) is 7.87. The zero-order valence-electron chi connectivity index (χ0n) is 15.1. The maximum absolute atomic E-state index is 12.9. The zero-order chi connectivity index (χ0) is 18.6. The molecule has 0 saturated carbocycles. The highest BCUT2D eigenvalue weighted by Gasteiger charge is 2.63. The van der Waals surface area contributed by atoms with Crippen molar-refractivity contribution in [2.75, 3.05) is 19.6 Å². The molecule has 5 rings (SSSR count). The van der Waals surface area contributed by atoms with Crippen LogP contribution in [0.25, 0.3) is 0 Å². The van der Waals surface area contributed by atoms with Gasteiger partial charge < -0.3 is 23.8 Å². The molecule has 0 radical (unpaired) electrons. The Morgan fingerprint density at radius 3 is 2.96 bits per heavy atom. The molecule has 5 heterocycles. The number of hydrogen-bond acceptors (Lipinski definition) is 5. The summed E-state index contributed by atoms with van der Waals surface area (Å²) in [5, 5.41) is 3.00. The number of likely N-dealkylation sites (tertiary alicyclic amines) is 1. The second kappa shape index (κ2) is 5.99. The van der Waals surface area contributed by atoms with E-state index in [9.17, 15) is 9.59 Å². The summed E-state index contributed by atoms with van der Waals surface area (Å²) in [4.78, 5) is 26.9. The SMILES string of the molecule is Cc1ccoc1C(=O)N1C[C@@H]2[C@H](CNC(=O)c3ccoc3)[C@H]3CC[C@]2(C1)O3. The maximum atomic E-state index is 12.9. The minimum absolute atomic E-state index is 0.0745. The summed E-state index contributed by atoms with van der Waals surface area (Å²) >= 11 is 0. The molecule has 2 amide bonds. The molecule has 2 aromatic rings. The van der Waals surface area contributed by atoms with Gasteiger partial charge >= 0.3 is 0 Å². The molecule has 0 aliphatic carbocycles. The molecule has 27 heavy (non-hydrogen) atoms. The van der Waals surface area contributed by atoms with Gasteiger partial charge in [0.05, 0.1) is 36.3 Å². The van der Waals surface area contributed by atoms with Gasteiger partial charge in [0.2, 0.25) is 0 Å². The number of hydrogen-bond donors (Lipinski definition) is 1. The van der Waals surface area contributed by atoms with E-state index >= 15 is 0 Å². The topological polar surface area (TPSA) is 84.9 Å². The van der Waals surface area contributed by atoms with Gasteiger partial charge in [-0.3, -0.25) is 9.59 Å². The van der Waals surface area contributed by atoms with Crippen LogP contribution >= 0.6 is 0 Å². The number of carbonyl (C=O) groups excluding carboxylic acids is 2. The number of nitrogens with one attached hydrogen (secondary N) is 1. The van der Waals surface area contributed by atoms with Gasteiger partial charge in [0.1, 0.15) is 6.26 Å².